The number of carbonyl (C=O) groups excluding carboxylic acids is 7. The Morgan fingerprint density at radius 2 is 1.07 bits per heavy atom. The van der Waals surface area contributed by atoms with Gasteiger partial charge in [0.05, 0.1) is 19.6 Å². The van der Waals surface area contributed by atoms with Crippen LogP contribution in [0.2, 0.25) is 0 Å². The third-order valence-corrected chi connectivity index (χ3v) is 6.19. The highest BCUT2D eigenvalue weighted by atomic mass is 16.4. The fraction of sp³-hybridized carbons (Fsp3) is 0.714. The van der Waals surface area contributed by atoms with E-state index in [2.05, 4.69) is 37.2 Å². The molecule has 0 aromatic rings. The number of rotatable bonds is 20. The number of amides is 7. The number of nitrogens with two attached hydrogens (primary N) is 1. The highest BCUT2D eigenvalue weighted by molar-refractivity contribution is 5.96. The number of carboxylic acid groups (broad SMARTS) is 1. The van der Waals surface area contributed by atoms with Crippen LogP contribution in [0.5, 0.6) is 0 Å². The SMILES string of the molecule is CC(C)C[C@H](NC(=O)CNC(=O)[C@H](C)NC(=O)CN)C(=O)N[C@H](C(=O)N[C@@H](CC(C)C)C(=O)NCC(=O)NCC(=O)O)C(C)C. The van der Waals surface area contributed by atoms with Crippen molar-refractivity contribution in [3.63, 3.8) is 0 Å². The van der Waals surface area contributed by atoms with Gasteiger partial charge in [0.1, 0.15) is 30.7 Å². The molecule has 0 aromatic carbocycles. The zero-order valence-corrected chi connectivity index (χ0v) is 27.1. The van der Waals surface area contributed by atoms with Crippen LogP contribution < -0.4 is 43.0 Å². The van der Waals surface area contributed by atoms with E-state index in [9.17, 15) is 38.4 Å². The Balaban J connectivity index is 5.49. The van der Waals surface area contributed by atoms with Gasteiger partial charge >= 0.3 is 5.97 Å². The molecule has 0 radical (unpaired) electrons. The third kappa shape index (κ3) is 17.6. The molecule has 256 valence electrons. The molecule has 17 nitrogen and oxygen atoms in total. The lowest BCUT2D eigenvalue weighted by molar-refractivity contribution is -0.138. The minimum absolute atomic E-state index is 0.0414. The number of carbonyl (C=O) groups is 8. The molecule has 7 amide bonds. The zero-order valence-electron chi connectivity index (χ0n) is 27.1. The maximum Gasteiger partial charge on any atom is 0.322 e. The maximum absolute atomic E-state index is 13.3. The molecule has 0 heterocycles. The Bertz CT molecular complexity index is 1060. The van der Waals surface area contributed by atoms with E-state index in [0.29, 0.717) is 0 Å². The summed E-state index contributed by atoms with van der Waals surface area (Å²) >= 11 is 0. The van der Waals surface area contributed by atoms with Crippen LogP contribution in [-0.2, 0) is 38.4 Å². The lowest BCUT2D eigenvalue weighted by Crippen LogP contribution is -2.59. The van der Waals surface area contributed by atoms with E-state index in [4.69, 9.17) is 10.8 Å². The summed E-state index contributed by atoms with van der Waals surface area (Å²) in [4.78, 5) is 98.1. The van der Waals surface area contributed by atoms with Gasteiger partial charge in [0.25, 0.3) is 0 Å². The molecule has 10 N–H and O–H groups in total. The monoisotopic (exact) mass is 642 g/mol. The quantitative estimate of drug-likeness (QED) is 0.0653. The Hall–Kier alpha value is -4.28. The predicted molar refractivity (Wildman–Crippen MR) is 163 cm³/mol. The van der Waals surface area contributed by atoms with Crippen molar-refractivity contribution >= 4 is 47.3 Å². The fourth-order valence-electron chi connectivity index (χ4n) is 3.92. The van der Waals surface area contributed by atoms with E-state index >= 15 is 0 Å². The first-order valence-corrected chi connectivity index (χ1v) is 14.8. The van der Waals surface area contributed by atoms with Crippen LogP contribution in [-0.4, -0.2) is 103 Å². The first kappa shape index (κ1) is 40.7. The summed E-state index contributed by atoms with van der Waals surface area (Å²) in [6.45, 7) is 10.2. The van der Waals surface area contributed by atoms with E-state index in [1.54, 1.807) is 13.8 Å². The summed E-state index contributed by atoms with van der Waals surface area (Å²) in [6, 6.07) is -4.16. The average Bonchev–Trinajstić information content (AvgIpc) is 2.94. The summed E-state index contributed by atoms with van der Waals surface area (Å²) in [5.41, 5.74) is 5.21. The Morgan fingerprint density at radius 1 is 0.556 bits per heavy atom. The van der Waals surface area contributed by atoms with Crippen molar-refractivity contribution in [1.82, 2.24) is 37.2 Å². The van der Waals surface area contributed by atoms with Crippen LogP contribution in [0.3, 0.4) is 0 Å². The number of aliphatic carboxylic acids is 1. The summed E-state index contributed by atoms with van der Waals surface area (Å²) < 4.78 is 0. The van der Waals surface area contributed by atoms with Crippen molar-refractivity contribution < 1.29 is 43.5 Å². The van der Waals surface area contributed by atoms with Crippen LogP contribution in [0.15, 0.2) is 0 Å². The van der Waals surface area contributed by atoms with E-state index in [1.165, 1.54) is 6.92 Å². The van der Waals surface area contributed by atoms with Crippen LogP contribution in [0.4, 0.5) is 0 Å². The Kier molecular flexibility index (Phi) is 18.7. The van der Waals surface area contributed by atoms with Gasteiger partial charge in [-0.1, -0.05) is 41.5 Å². The van der Waals surface area contributed by atoms with Crippen LogP contribution >= 0.6 is 0 Å². The van der Waals surface area contributed by atoms with Crippen LogP contribution in [0, 0.1) is 17.8 Å². The first-order chi connectivity index (χ1) is 20.9. The van der Waals surface area contributed by atoms with Gasteiger partial charge in [-0.05, 0) is 37.5 Å². The van der Waals surface area contributed by atoms with Crippen molar-refractivity contribution in [2.75, 3.05) is 26.2 Å². The van der Waals surface area contributed by atoms with Gasteiger partial charge in [0.2, 0.25) is 41.4 Å². The second-order valence-corrected chi connectivity index (χ2v) is 11.8. The lowest BCUT2D eigenvalue weighted by Gasteiger charge is -2.28. The van der Waals surface area contributed by atoms with E-state index in [-0.39, 0.29) is 31.2 Å². The minimum atomic E-state index is -1.25. The van der Waals surface area contributed by atoms with Crippen molar-refractivity contribution in [1.29, 1.82) is 0 Å². The third-order valence-electron chi connectivity index (χ3n) is 6.19. The molecule has 0 spiro atoms. The summed E-state index contributed by atoms with van der Waals surface area (Å²) in [6.07, 6.45) is 0.419. The van der Waals surface area contributed by atoms with Gasteiger partial charge in [-0.25, -0.2) is 0 Å². The highest BCUT2D eigenvalue weighted by Crippen LogP contribution is 2.10. The molecule has 17 heteroatoms. The summed E-state index contributed by atoms with van der Waals surface area (Å²) in [5.74, 6) is -6.32. The van der Waals surface area contributed by atoms with Crippen molar-refractivity contribution in [2.24, 2.45) is 23.5 Å². The summed E-state index contributed by atoms with van der Waals surface area (Å²) in [5, 5.41) is 25.7. The number of hydrogen-bond donors (Lipinski definition) is 9. The van der Waals surface area contributed by atoms with Gasteiger partial charge in [-0.15, -0.1) is 0 Å². The number of carboxylic acids is 1. The normalized spacial score (nSPS) is 13.6. The molecule has 0 rings (SSSR count). The standard InChI is InChI=1S/C28H50N8O9/c1-14(2)8-18(26(43)32-11-21(38)30-13-23(40)41)35-28(45)24(16(5)6)36-27(44)19(9-15(3)4)34-22(39)12-31-25(42)17(7)33-20(37)10-29/h14-19,24H,8-13,29H2,1-7H3,(H,30,38)(H,31,42)(H,32,43)(H,33,37)(H,34,39)(H,35,45)(H,36,44)(H,40,41)/t17-,18-,19-,24-/m0/s1. The summed E-state index contributed by atoms with van der Waals surface area (Å²) in [7, 11) is 0. The smallest absolute Gasteiger partial charge is 0.322 e. The number of nitrogens with one attached hydrogen (secondary N) is 7. The van der Waals surface area contributed by atoms with Crippen LogP contribution in [0.1, 0.15) is 61.3 Å². The molecule has 0 aromatic heterocycles. The van der Waals surface area contributed by atoms with Crippen LogP contribution in [0.25, 0.3) is 0 Å². The second kappa shape index (κ2) is 20.6. The molecule has 4 atom stereocenters. The van der Waals surface area contributed by atoms with Gasteiger partial charge in [0.15, 0.2) is 0 Å². The molecule has 0 aliphatic rings. The molecule has 0 saturated heterocycles. The lowest BCUT2D eigenvalue weighted by atomic mass is 9.98. The van der Waals surface area contributed by atoms with E-state index in [1.807, 2.05) is 27.7 Å². The molecular formula is C28H50N8O9. The molecule has 0 fully saturated rings. The number of hydrogen-bond acceptors (Lipinski definition) is 9. The second-order valence-electron chi connectivity index (χ2n) is 11.8. The molecule has 0 bridgehead atoms. The molecular weight excluding hydrogens is 592 g/mol. The topological polar surface area (TPSA) is 267 Å². The largest absolute Gasteiger partial charge is 0.480 e. The minimum Gasteiger partial charge on any atom is -0.480 e. The van der Waals surface area contributed by atoms with Crippen molar-refractivity contribution in [3.05, 3.63) is 0 Å². The first-order valence-electron chi connectivity index (χ1n) is 14.8. The van der Waals surface area contributed by atoms with Gasteiger partial charge in [0, 0.05) is 0 Å². The molecule has 0 aliphatic heterocycles. The Morgan fingerprint density at radius 3 is 1.56 bits per heavy atom. The highest BCUT2D eigenvalue weighted by Gasteiger charge is 2.32. The molecule has 0 aliphatic carbocycles. The van der Waals surface area contributed by atoms with Gasteiger partial charge in [-0.3, -0.25) is 38.4 Å². The molecule has 45 heavy (non-hydrogen) atoms. The predicted octanol–water partition coefficient (Wildman–Crippen LogP) is -2.91. The van der Waals surface area contributed by atoms with E-state index in [0.717, 1.165) is 0 Å². The Labute approximate surface area is 263 Å². The molecule has 0 unspecified atom stereocenters. The maximum atomic E-state index is 13.3. The van der Waals surface area contributed by atoms with Crippen molar-refractivity contribution in [2.45, 2.75) is 85.5 Å². The zero-order chi connectivity index (χ0) is 34.9. The van der Waals surface area contributed by atoms with E-state index < -0.39 is 97.0 Å². The van der Waals surface area contributed by atoms with Crippen molar-refractivity contribution in [3.8, 4) is 0 Å². The molecule has 0 saturated carbocycles. The fourth-order valence-corrected chi connectivity index (χ4v) is 3.92. The van der Waals surface area contributed by atoms with Gasteiger partial charge in [-0.2, -0.15) is 0 Å². The average molecular weight is 643 g/mol. The van der Waals surface area contributed by atoms with Gasteiger partial charge < -0.3 is 48.1 Å².